The maximum absolute atomic E-state index is 5.72. The summed E-state index contributed by atoms with van der Waals surface area (Å²) in [7, 11) is 1.72. The van der Waals surface area contributed by atoms with Crippen molar-refractivity contribution in [1.29, 1.82) is 0 Å². The van der Waals surface area contributed by atoms with Gasteiger partial charge in [0.05, 0.1) is 15.8 Å². The van der Waals surface area contributed by atoms with Gasteiger partial charge in [-0.05, 0) is 55.0 Å². The molecule has 1 atom stereocenters. The summed E-state index contributed by atoms with van der Waals surface area (Å²) in [6.07, 6.45) is 0.305. The Balaban J connectivity index is 3.00. The lowest BCUT2D eigenvalue weighted by molar-refractivity contribution is 0.118. The van der Waals surface area contributed by atoms with E-state index in [2.05, 4.69) is 28.7 Å². The van der Waals surface area contributed by atoms with E-state index in [4.69, 9.17) is 9.47 Å². The highest BCUT2D eigenvalue weighted by Crippen LogP contribution is 2.30. The molecule has 84 valence electrons. The number of ether oxygens (including phenoxy) is 2. The molecular weight excluding hydrogens is 303 g/mol. The molecule has 2 nitrogen and oxygen atoms in total. The van der Waals surface area contributed by atoms with Gasteiger partial charge in [0.15, 0.2) is 0 Å². The van der Waals surface area contributed by atoms with Crippen LogP contribution in [0, 0.1) is 3.57 Å². The van der Waals surface area contributed by atoms with Gasteiger partial charge in [-0.1, -0.05) is 12.1 Å². The monoisotopic (exact) mass is 320 g/mol. The minimum absolute atomic E-state index is 0.104. The third-order valence-electron chi connectivity index (χ3n) is 2.15. The van der Waals surface area contributed by atoms with Gasteiger partial charge in [0, 0.05) is 7.11 Å². The first-order chi connectivity index (χ1) is 7.06. The molecule has 0 aromatic heterocycles. The molecule has 0 bridgehead atoms. The predicted molar refractivity (Wildman–Crippen MR) is 70.3 cm³/mol. The Labute approximate surface area is 105 Å². The fraction of sp³-hybridized carbons (Fsp3) is 0.500. The van der Waals surface area contributed by atoms with Crippen molar-refractivity contribution in [3.05, 3.63) is 27.3 Å². The second-order valence-corrected chi connectivity index (χ2v) is 4.78. The average molecular weight is 320 g/mol. The molecule has 0 spiro atoms. The minimum Gasteiger partial charge on any atom is -0.490 e. The fourth-order valence-electron chi connectivity index (χ4n) is 1.31. The van der Waals surface area contributed by atoms with Crippen molar-refractivity contribution < 1.29 is 9.47 Å². The highest BCUT2D eigenvalue weighted by atomic mass is 127. The second-order valence-electron chi connectivity index (χ2n) is 3.70. The molecule has 0 aliphatic heterocycles. The van der Waals surface area contributed by atoms with Crippen LogP contribution < -0.4 is 4.74 Å². The Kier molecular flexibility index (Phi) is 4.86. The summed E-state index contributed by atoms with van der Waals surface area (Å²) in [6, 6.07) is 6.07. The number of hydrogen-bond acceptors (Lipinski definition) is 2. The zero-order valence-electron chi connectivity index (χ0n) is 9.58. The van der Waals surface area contributed by atoms with E-state index in [1.807, 2.05) is 32.9 Å². The van der Waals surface area contributed by atoms with Gasteiger partial charge in [0.1, 0.15) is 5.75 Å². The van der Waals surface area contributed by atoms with Gasteiger partial charge in [0.2, 0.25) is 0 Å². The normalized spacial score (nSPS) is 12.9. The molecule has 0 N–H and O–H groups in total. The number of hydrogen-bond donors (Lipinski definition) is 0. The van der Waals surface area contributed by atoms with Crippen LogP contribution in [0.3, 0.4) is 0 Å². The summed E-state index contributed by atoms with van der Waals surface area (Å²) in [6.45, 7) is 6.10. The van der Waals surface area contributed by atoms with Crippen molar-refractivity contribution in [3.63, 3.8) is 0 Å². The SMILES string of the molecule is CO[C@H](C)c1cccc(OC(C)C)c1I. The second kappa shape index (κ2) is 5.70. The van der Waals surface area contributed by atoms with E-state index in [0.29, 0.717) is 0 Å². The summed E-state index contributed by atoms with van der Waals surface area (Å²) in [5, 5.41) is 0. The van der Waals surface area contributed by atoms with E-state index in [1.165, 1.54) is 5.56 Å². The lowest BCUT2D eigenvalue weighted by atomic mass is 10.1. The standard InChI is InChI=1S/C12H17IO2/c1-8(2)15-11-7-5-6-10(12(11)13)9(3)14-4/h5-9H,1-4H3/t9-/m1/s1. The lowest BCUT2D eigenvalue weighted by Crippen LogP contribution is -2.08. The van der Waals surface area contributed by atoms with Crippen LogP contribution in [-0.4, -0.2) is 13.2 Å². The number of methoxy groups -OCH3 is 1. The maximum atomic E-state index is 5.72. The first-order valence-electron chi connectivity index (χ1n) is 5.04. The molecular formula is C12H17IO2. The van der Waals surface area contributed by atoms with E-state index >= 15 is 0 Å². The Morgan fingerprint density at radius 2 is 1.87 bits per heavy atom. The van der Waals surface area contributed by atoms with Crippen LogP contribution in [0.25, 0.3) is 0 Å². The van der Waals surface area contributed by atoms with E-state index in [1.54, 1.807) is 7.11 Å². The maximum Gasteiger partial charge on any atom is 0.133 e. The predicted octanol–water partition coefficient (Wildman–Crippen LogP) is 3.79. The first-order valence-corrected chi connectivity index (χ1v) is 6.12. The topological polar surface area (TPSA) is 18.5 Å². The zero-order chi connectivity index (χ0) is 11.4. The minimum atomic E-state index is 0.104. The highest BCUT2D eigenvalue weighted by molar-refractivity contribution is 14.1. The molecule has 15 heavy (non-hydrogen) atoms. The smallest absolute Gasteiger partial charge is 0.133 e. The van der Waals surface area contributed by atoms with Crippen molar-refractivity contribution in [2.24, 2.45) is 0 Å². The van der Waals surface area contributed by atoms with Crippen molar-refractivity contribution in [2.45, 2.75) is 33.0 Å². The Morgan fingerprint density at radius 1 is 1.20 bits per heavy atom. The third kappa shape index (κ3) is 3.34. The molecule has 0 amide bonds. The van der Waals surface area contributed by atoms with E-state index in [-0.39, 0.29) is 12.2 Å². The van der Waals surface area contributed by atoms with Gasteiger partial charge in [-0.3, -0.25) is 0 Å². The van der Waals surface area contributed by atoms with E-state index in [9.17, 15) is 0 Å². The zero-order valence-corrected chi connectivity index (χ0v) is 11.7. The van der Waals surface area contributed by atoms with Crippen LogP contribution in [0.5, 0.6) is 5.75 Å². The van der Waals surface area contributed by atoms with Crippen molar-refractivity contribution in [1.82, 2.24) is 0 Å². The molecule has 1 rings (SSSR count). The number of rotatable bonds is 4. The average Bonchev–Trinajstić information content (AvgIpc) is 2.19. The van der Waals surface area contributed by atoms with Gasteiger partial charge >= 0.3 is 0 Å². The molecule has 3 heteroatoms. The Bertz CT molecular complexity index is 323. The van der Waals surface area contributed by atoms with Gasteiger partial charge in [-0.2, -0.15) is 0 Å². The van der Waals surface area contributed by atoms with Crippen LogP contribution in [0.4, 0.5) is 0 Å². The number of halogens is 1. The van der Waals surface area contributed by atoms with Crippen LogP contribution in [0.1, 0.15) is 32.4 Å². The number of benzene rings is 1. The summed E-state index contributed by atoms with van der Waals surface area (Å²) in [4.78, 5) is 0. The quantitative estimate of drug-likeness (QED) is 0.786. The van der Waals surface area contributed by atoms with Crippen LogP contribution >= 0.6 is 22.6 Å². The Hall–Kier alpha value is -0.290. The van der Waals surface area contributed by atoms with Gasteiger partial charge < -0.3 is 9.47 Å². The molecule has 0 saturated carbocycles. The molecule has 0 saturated heterocycles. The third-order valence-corrected chi connectivity index (χ3v) is 3.30. The molecule has 0 radical (unpaired) electrons. The largest absolute Gasteiger partial charge is 0.490 e. The van der Waals surface area contributed by atoms with E-state index < -0.39 is 0 Å². The summed E-state index contributed by atoms with van der Waals surface area (Å²) in [5.41, 5.74) is 1.18. The van der Waals surface area contributed by atoms with E-state index in [0.717, 1.165) is 9.32 Å². The van der Waals surface area contributed by atoms with Crippen molar-refractivity contribution in [3.8, 4) is 5.75 Å². The molecule has 0 fully saturated rings. The van der Waals surface area contributed by atoms with Crippen LogP contribution in [-0.2, 0) is 4.74 Å². The van der Waals surface area contributed by atoms with Gasteiger partial charge in [0.25, 0.3) is 0 Å². The van der Waals surface area contributed by atoms with Crippen LogP contribution in [0.2, 0.25) is 0 Å². The van der Waals surface area contributed by atoms with Gasteiger partial charge in [-0.25, -0.2) is 0 Å². The van der Waals surface area contributed by atoms with Crippen molar-refractivity contribution >= 4 is 22.6 Å². The summed E-state index contributed by atoms with van der Waals surface area (Å²) >= 11 is 2.31. The molecule has 0 aliphatic carbocycles. The molecule has 0 unspecified atom stereocenters. The molecule has 0 heterocycles. The highest BCUT2D eigenvalue weighted by Gasteiger charge is 2.12. The van der Waals surface area contributed by atoms with Crippen molar-refractivity contribution in [2.75, 3.05) is 7.11 Å². The summed E-state index contributed by atoms with van der Waals surface area (Å²) < 4.78 is 12.2. The molecule has 1 aromatic rings. The molecule has 0 aliphatic rings. The lowest BCUT2D eigenvalue weighted by Gasteiger charge is -2.17. The fourth-order valence-corrected chi connectivity index (χ4v) is 2.24. The Morgan fingerprint density at radius 3 is 2.40 bits per heavy atom. The molecule has 1 aromatic carbocycles. The first kappa shape index (κ1) is 12.8. The van der Waals surface area contributed by atoms with Gasteiger partial charge in [-0.15, -0.1) is 0 Å². The summed E-state index contributed by atoms with van der Waals surface area (Å²) in [5.74, 6) is 0.937. The van der Waals surface area contributed by atoms with Crippen LogP contribution in [0.15, 0.2) is 18.2 Å².